The summed E-state index contributed by atoms with van der Waals surface area (Å²) in [5, 5.41) is 0. The summed E-state index contributed by atoms with van der Waals surface area (Å²) < 4.78 is 26.6. The summed E-state index contributed by atoms with van der Waals surface area (Å²) >= 11 is 0. The number of rotatable bonds is 5. The van der Waals surface area contributed by atoms with Gasteiger partial charge < -0.3 is 5.73 Å². The molecule has 112 valence electrons. The van der Waals surface area contributed by atoms with Crippen LogP contribution in [0.25, 0.3) is 0 Å². The fourth-order valence-electron chi connectivity index (χ4n) is 2.70. The first kappa shape index (κ1) is 15.5. The zero-order valence-corrected chi connectivity index (χ0v) is 13.1. The summed E-state index contributed by atoms with van der Waals surface area (Å²) in [6.45, 7) is 6.07. The van der Waals surface area contributed by atoms with Gasteiger partial charge in [-0.25, -0.2) is 12.7 Å². The Morgan fingerprint density at radius 2 is 2.05 bits per heavy atom. The first-order valence-electron chi connectivity index (χ1n) is 7.18. The second-order valence-electron chi connectivity index (χ2n) is 5.93. The van der Waals surface area contributed by atoms with Crippen LogP contribution >= 0.6 is 0 Å². The van der Waals surface area contributed by atoms with E-state index in [1.807, 2.05) is 24.3 Å². The maximum absolute atomic E-state index is 12.5. The maximum atomic E-state index is 12.5. The second kappa shape index (κ2) is 6.24. The summed E-state index contributed by atoms with van der Waals surface area (Å²) in [7, 11) is -3.21. The number of sulfonamides is 1. The van der Waals surface area contributed by atoms with Gasteiger partial charge in [0.05, 0.1) is 5.75 Å². The molecule has 0 radical (unpaired) electrons. The molecule has 1 aliphatic heterocycles. The lowest BCUT2D eigenvalue weighted by molar-refractivity contribution is 0.388. The Bertz CT molecular complexity index is 555. The first-order chi connectivity index (χ1) is 9.42. The van der Waals surface area contributed by atoms with Crippen LogP contribution in [0.3, 0.4) is 0 Å². The lowest BCUT2D eigenvalue weighted by atomic mass is 9.96. The monoisotopic (exact) mass is 296 g/mol. The maximum Gasteiger partial charge on any atom is 0.218 e. The number of benzene rings is 1. The molecule has 1 aromatic rings. The molecular weight excluding hydrogens is 272 g/mol. The second-order valence-corrected chi connectivity index (χ2v) is 7.90. The number of nitrogens with two attached hydrogens (primary N) is 1. The van der Waals surface area contributed by atoms with Crippen LogP contribution in [0.4, 0.5) is 0 Å². The van der Waals surface area contributed by atoms with Crippen molar-refractivity contribution in [2.75, 3.05) is 13.1 Å². The van der Waals surface area contributed by atoms with Crippen LogP contribution in [0.15, 0.2) is 24.3 Å². The van der Waals surface area contributed by atoms with E-state index in [0.29, 0.717) is 31.5 Å². The van der Waals surface area contributed by atoms with Crippen LogP contribution < -0.4 is 5.73 Å². The van der Waals surface area contributed by atoms with Crippen molar-refractivity contribution in [1.29, 1.82) is 0 Å². The summed E-state index contributed by atoms with van der Waals surface area (Å²) in [6.07, 6.45) is 0.972. The Balaban J connectivity index is 2.08. The number of hydrogen-bond donors (Lipinski definition) is 1. The van der Waals surface area contributed by atoms with Gasteiger partial charge in [-0.05, 0) is 29.4 Å². The third kappa shape index (κ3) is 3.59. The Hall–Kier alpha value is -0.910. The normalized spacial score (nSPS) is 20.7. The van der Waals surface area contributed by atoms with Crippen LogP contribution in [-0.2, 0) is 22.3 Å². The van der Waals surface area contributed by atoms with Crippen molar-refractivity contribution in [1.82, 2.24) is 4.31 Å². The minimum atomic E-state index is -3.21. The molecule has 4 nitrogen and oxygen atoms in total. The highest BCUT2D eigenvalue weighted by Gasteiger charge is 2.32. The minimum absolute atomic E-state index is 0.0751. The smallest absolute Gasteiger partial charge is 0.218 e. The molecule has 0 saturated carbocycles. The molecule has 1 aromatic carbocycles. The van der Waals surface area contributed by atoms with E-state index in [4.69, 9.17) is 5.73 Å². The molecule has 1 saturated heterocycles. The Morgan fingerprint density at radius 3 is 2.65 bits per heavy atom. The molecule has 2 N–H and O–H groups in total. The van der Waals surface area contributed by atoms with Crippen molar-refractivity contribution >= 4 is 10.0 Å². The lowest BCUT2D eigenvalue weighted by Gasteiger charge is -2.18. The highest BCUT2D eigenvalue weighted by atomic mass is 32.2. The molecule has 0 aliphatic carbocycles. The number of hydrogen-bond acceptors (Lipinski definition) is 3. The van der Waals surface area contributed by atoms with E-state index in [-0.39, 0.29) is 5.75 Å². The zero-order chi connectivity index (χ0) is 14.8. The van der Waals surface area contributed by atoms with Crippen LogP contribution in [-0.4, -0.2) is 25.8 Å². The van der Waals surface area contributed by atoms with Gasteiger partial charge in [-0.1, -0.05) is 38.1 Å². The largest absolute Gasteiger partial charge is 0.326 e. The van der Waals surface area contributed by atoms with Gasteiger partial charge in [0.1, 0.15) is 0 Å². The quantitative estimate of drug-likeness (QED) is 0.903. The Kier molecular flexibility index (Phi) is 4.83. The molecule has 0 bridgehead atoms. The van der Waals surface area contributed by atoms with Gasteiger partial charge in [0, 0.05) is 19.6 Å². The van der Waals surface area contributed by atoms with Gasteiger partial charge >= 0.3 is 0 Å². The SMILES string of the molecule is CC(C)C1CCN(S(=O)(=O)Cc2cccc(CN)c2)C1. The third-order valence-electron chi connectivity index (χ3n) is 4.10. The van der Waals surface area contributed by atoms with Gasteiger partial charge in [-0.15, -0.1) is 0 Å². The van der Waals surface area contributed by atoms with Crippen molar-refractivity contribution < 1.29 is 8.42 Å². The van der Waals surface area contributed by atoms with Crippen LogP contribution in [0.5, 0.6) is 0 Å². The van der Waals surface area contributed by atoms with Crippen molar-refractivity contribution in [3.8, 4) is 0 Å². The zero-order valence-electron chi connectivity index (χ0n) is 12.2. The van der Waals surface area contributed by atoms with E-state index in [2.05, 4.69) is 13.8 Å². The molecule has 0 spiro atoms. The Morgan fingerprint density at radius 1 is 1.35 bits per heavy atom. The van der Waals surface area contributed by atoms with E-state index in [1.165, 1.54) is 0 Å². The first-order valence-corrected chi connectivity index (χ1v) is 8.79. The van der Waals surface area contributed by atoms with Crippen LogP contribution in [0, 0.1) is 11.8 Å². The molecule has 1 heterocycles. The summed E-state index contributed by atoms with van der Waals surface area (Å²) in [6, 6.07) is 7.52. The van der Waals surface area contributed by atoms with E-state index in [1.54, 1.807) is 4.31 Å². The fraction of sp³-hybridized carbons (Fsp3) is 0.600. The fourth-order valence-corrected chi connectivity index (χ4v) is 4.28. The average molecular weight is 296 g/mol. The molecule has 20 heavy (non-hydrogen) atoms. The topological polar surface area (TPSA) is 63.4 Å². The van der Waals surface area contributed by atoms with Crippen molar-refractivity contribution in [3.63, 3.8) is 0 Å². The molecule has 1 unspecified atom stereocenters. The third-order valence-corrected chi connectivity index (χ3v) is 5.92. The average Bonchev–Trinajstić information content (AvgIpc) is 2.89. The highest BCUT2D eigenvalue weighted by molar-refractivity contribution is 7.88. The molecule has 0 amide bonds. The molecule has 1 aliphatic rings. The molecule has 1 atom stereocenters. The van der Waals surface area contributed by atoms with Gasteiger partial charge in [0.15, 0.2) is 0 Å². The molecule has 5 heteroatoms. The predicted molar refractivity (Wildman–Crippen MR) is 81.5 cm³/mol. The van der Waals surface area contributed by atoms with Gasteiger partial charge in [0.25, 0.3) is 0 Å². The van der Waals surface area contributed by atoms with E-state index in [9.17, 15) is 8.42 Å². The lowest BCUT2D eigenvalue weighted by Crippen LogP contribution is -2.30. The van der Waals surface area contributed by atoms with Gasteiger partial charge in [-0.3, -0.25) is 0 Å². The van der Waals surface area contributed by atoms with Crippen molar-refractivity contribution in [2.24, 2.45) is 17.6 Å². The summed E-state index contributed by atoms with van der Waals surface area (Å²) in [5.41, 5.74) is 7.39. The predicted octanol–water partition coefficient (Wildman–Crippen LogP) is 1.95. The Labute approximate surface area is 122 Å². The van der Waals surface area contributed by atoms with E-state index < -0.39 is 10.0 Å². The van der Waals surface area contributed by atoms with E-state index >= 15 is 0 Å². The van der Waals surface area contributed by atoms with Crippen LogP contribution in [0.2, 0.25) is 0 Å². The highest BCUT2D eigenvalue weighted by Crippen LogP contribution is 2.27. The van der Waals surface area contributed by atoms with E-state index in [0.717, 1.165) is 17.5 Å². The summed E-state index contributed by atoms with van der Waals surface area (Å²) in [4.78, 5) is 0. The van der Waals surface area contributed by atoms with Crippen molar-refractivity contribution in [2.45, 2.75) is 32.6 Å². The molecule has 2 rings (SSSR count). The van der Waals surface area contributed by atoms with Gasteiger partial charge in [0.2, 0.25) is 10.0 Å². The number of nitrogens with zero attached hydrogens (tertiary/aromatic N) is 1. The molecular formula is C15H24N2O2S. The van der Waals surface area contributed by atoms with Crippen molar-refractivity contribution in [3.05, 3.63) is 35.4 Å². The summed E-state index contributed by atoms with van der Waals surface area (Å²) in [5.74, 6) is 1.10. The minimum Gasteiger partial charge on any atom is -0.326 e. The standard InChI is InChI=1S/C15H24N2O2S/c1-12(2)15-6-7-17(10-15)20(18,19)11-14-5-3-4-13(8-14)9-16/h3-5,8,12,15H,6-7,9-11,16H2,1-2H3. The van der Waals surface area contributed by atoms with Crippen LogP contribution in [0.1, 0.15) is 31.4 Å². The molecule has 0 aromatic heterocycles. The molecule has 1 fully saturated rings. The van der Waals surface area contributed by atoms with Gasteiger partial charge in [-0.2, -0.15) is 0 Å².